The van der Waals surface area contributed by atoms with Crippen molar-refractivity contribution < 1.29 is 8.78 Å². The standard InChI is InChI=1S/C15H14ClF2N/c1-10-7-11(5-6-14(10)17)8-19-9-12-13(16)3-2-4-15(12)18/h2-7,19H,8-9H2,1H3. The molecule has 0 fully saturated rings. The molecule has 2 aromatic rings. The van der Waals surface area contributed by atoms with Crippen LogP contribution in [0.2, 0.25) is 5.02 Å². The van der Waals surface area contributed by atoms with Gasteiger partial charge in [-0.1, -0.05) is 29.8 Å². The van der Waals surface area contributed by atoms with E-state index >= 15 is 0 Å². The van der Waals surface area contributed by atoms with Crippen molar-refractivity contribution in [3.8, 4) is 0 Å². The van der Waals surface area contributed by atoms with E-state index < -0.39 is 0 Å². The Bertz CT molecular complexity index is 564. The van der Waals surface area contributed by atoms with Crippen LogP contribution in [0, 0.1) is 18.6 Å². The molecule has 0 radical (unpaired) electrons. The van der Waals surface area contributed by atoms with Crippen LogP contribution in [-0.4, -0.2) is 0 Å². The van der Waals surface area contributed by atoms with Gasteiger partial charge >= 0.3 is 0 Å². The Labute approximate surface area is 116 Å². The molecule has 0 spiro atoms. The Morgan fingerprint density at radius 1 is 1.05 bits per heavy atom. The predicted molar refractivity (Wildman–Crippen MR) is 73.1 cm³/mol. The van der Waals surface area contributed by atoms with Gasteiger partial charge in [-0.2, -0.15) is 0 Å². The zero-order valence-corrected chi connectivity index (χ0v) is 11.3. The van der Waals surface area contributed by atoms with Crippen molar-refractivity contribution in [2.75, 3.05) is 0 Å². The van der Waals surface area contributed by atoms with Crippen LogP contribution in [0.15, 0.2) is 36.4 Å². The van der Waals surface area contributed by atoms with E-state index in [2.05, 4.69) is 5.32 Å². The molecule has 0 aliphatic heterocycles. The third-order valence-corrected chi connectivity index (χ3v) is 3.27. The van der Waals surface area contributed by atoms with Crippen molar-refractivity contribution in [3.05, 3.63) is 69.7 Å². The summed E-state index contributed by atoms with van der Waals surface area (Å²) in [6.07, 6.45) is 0. The van der Waals surface area contributed by atoms with Crippen LogP contribution in [0.3, 0.4) is 0 Å². The molecule has 0 unspecified atom stereocenters. The van der Waals surface area contributed by atoms with Gasteiger partial charge in [0.25, 0.3) is 0 Å². The number of hydrogen-bond donors (Lipinski definition) is 1. The molecule has 1 nitrogen and oxygen atoms in total. The van der Waals surface area contributed by atoms with Gasteiger partial charge in [-0.25, -0.2) is 8.78 Å². The molecule has 100 valence electrons. The predicted octanol–water partition coefficient (Wildman–Crippen LogP) is 4.22. The molecule has 0 saturated heterocycles. The van der Waals surface area contributed by atoms with E-state index in [9.17, 15) is 8.78 Å². The van der Waals surface area contributed by atoms with Crippen molar-refractivity contribution in [3.63, 3.8) is 0 Å². The summed E-state index contributed by atoms with van der Waals surface area (Å²) in [4.78, 5) is 0. The number of rotatable bonds is 4. The van der Waals surface area contributed by atoms with Gasteiger partial charge in [-0.05, 0) is 36.2 Å². The van der Waals surface area contributed by atoms with Gasteiger partial charge in [0, 0.05) is 23.7 Å². The first-order valence-electron chi connectivity index (χ1n) is 5.96. The second kappa shape index (κ2) is 6.13. The van der Waals surface area contributed by atoms with E-state index in [4.69, 9.17) is 11.6 Å². The monoisotopic (exact) mass is 281 g/mol. The molecule has 4 heteroatoms. The molecule has 0 aliphatic carbocycles. The maximum absolute atomic E-state index is 13.5. The lowest BCUT2D eigenvalue weighted by atomic mass is 10.1. The van der Waals surface area contributed by atoms with Crippen LogP contribution in [0.4, 0.5) is 8.78 Å². The topological polar surface area (TPSA) is 12.0 Å². The Hall–Kier alpha value is -1.45. The average molecular weight is 282 g/mol. The third-order valence-electron chi connectivity index (χ3n) is 2.91. The molecule has 1 N–H and O–H groups in total. The number of halogens is 3. The maximum atomic E-state index is 13.5. The molecule has 0 aliphatic rings. The van der Waals surface area contributed by atoms with E-state index in [1.807, 2.05) is 0 Å². The molecule has 19 heavy (non-hydrogen) atoms. The molecule has 0 atom stereocenters. The largest absolute Gasteiger partial charge is 0.308 e. The third kappa shape index (κ3) is 3.52. The minimum Gasteiger partial charge on any atom is -0.308 e. The summed E-state index contributed by atoms with van der Waals surface area (Å²) < 4.78 is 26.6. The van der Waals surface area contributed by atoms with Crippen LogP contribution in [0.25, 0.3) is 0 Å². The van der Waals surface area contributed by atoms with Crippen molar-refractivity contribution in [1.29, 1.82) is 0 Å². The van der Waals surface area contributed by atoms with E-state index in [1.54, 1.807) is 31.2 Å². The van der Waals surface area contributed by atoms with Gasteiger partial charge in [0.2, 0.25) is 0 Å². The van der Waals surface area contributed by atoms with Crippen molar-refractivity contribution >= 4 is 11.6 Å². The average Bonchev–Trinajstić information content (AvgIpc) is 2.37. The summed E-state index contributed by atoms with van der Waals surface area (Å²) >= 11 is 5.93. The minimum atomic E-state index is -0.324. The van der Waals surface area contributed by atoms with Crippen LogP contribution in [0.1, 0.15) is 16.7 Å². The first-order chi connectivity index (χ1) is 9.08. The fraction of sp³-hybridized carbons (Fsp3) is 0.200. The van der Waals surface area contributed by atoms with Gasteiger partial charge in [-0.3, -0.25) is 0 Å². The van der Waals surface area contributed by atoms with E-state index in [-0.39, 0.29) is 11.6 Å². The first-order valence-corrected chi connectivity index (χ1v) is 6.34. The van der Waals surface area contributed by atoms with Crippen molar-refractivity contribution in [2.24, 2.45) is 0 Å². The number of benzene rings is 2. The number of hydrogen-bond acceptors (Lipinski definition) is 1. The lowest BCUT2D eigenvalue weighted by Gasteiger charge is -2.08. The fourth-order valence-electron chi connectivity index (χ4n) is 1.85. The second-order valence-electron chi connectivity index (χ2n) is 4.39. The smallest absolute Gasteiger partial charge is 0.129 e. The Balaban J connectivity index is 1.98. The van der Waals surface area contributed by atoms with Crippen LogP contribution in [0.5, 0.6) is 0 Å². The molecule has 2 aromatic carbocycles. The number of nitrogens with one attached hydrogen (secondary N) is 1. The molecular formula is C15H14ClF2N. The molecule has 0 saturated carbocycles. The van der Waals surface area contributed by atoms with Gasteiger partial charge in [-0.15, -0.1) is 0 Å². The normalized spacial score (nSPS) is 10.7. The Morgan fingerprint density at radius 2 is 1.84 bits per heavy atom. The summed E-state index contributed by atoms with van der Waals surface area (Å²) in [5.74, 6) is -0.545. The molecule has 0 heterocycles. The summed E-state index contributed by atoms with van der Waals surface area (Å²) in [5.41, 5.74) is 2.00. The molecular weight excluding hydrogens is 268 g/mol. The van der Waals surface area contributed by atoms with E-state index in [0.29, 0.717) is 29.2 Å². The Morgan fingerprint density at radius 3 is 2.53 bits per heavy atom. The summed E-state index contributed by atoms with van der Waals surface area (Å²) in [6, 6.07) is 9.52. The highest BCUT2D eigenvalue weighted by molar-refractivity contribution is 6.31. The maximum Gasteiger partial charge on any atom is 0.129 e. The quantitative estimate of drug-likeness (QED) is 0.885. The van der Waals surface area contributed by atoms with Crippen molar-refractivity contribution in [1.82, 2.24) is 5.32 Å². The zero-order chi connectivity index (χ0) is 13.8. The Kier molecular flexibility index (Phi) is 4.51. The fourth-order valence-corrected chi connectivity index (χ4v) is 2.08. The molecule has 0 aromatic heterocycles. The van der Waals surface area contributed by atoms with Crippen LogP contribution < -0.4 is 5.32 Å². The van der Waals surface area contributed by atoms with E-state index in [0.717, 1.165) is 5.56 Å². The lowest BCUT2D eigenvalue weighted by molar-refractivity contribution is 0.587. The highest BCUT2D eigenvalue weighted by atomic mass is 35.5. The SMILES string of the molecule is Cc1cc(CNCc2c(F)cccc2Cl)ccc1F. The number of aryl methyl sites for hydroxylation is 1. The highest BCUT2D eigenvalue weighted by Crippen LogP contribution is 2.18. The van der Waals surface area contributed by atoms with Crippen LogP contribution in [-0.2, 0) is 13.1 Å². The summed E-state index contributed by atoms with van der Waals surface area (Å²) in [7, 11) is 0. The van der Waals surface area contributed by atoms with Gasteiger partial charge in [0.15, 0.2) is 0 Å². The molecule has 0 bridgehead atoms. The van der Waals surface area contributed by atoms with Gasteiger partial charge in [0.1, 0.15) is 11.6 Å². The van der Waals surface area contributed by atoms with E-state index in [1.165, 1.54) is 12.1 Å². The minimum absolute atomic E-state index is 0.221. The van der Waals surface area contributed by atoms with Crippen LogP contribution >= 0.6 is 11.6 Å². The molecule has 2 rings (SSSR count). The lowest BCUT2D eigenvalue weighted by Crippen LogP contribution is -2.14. The van der Waals surface area contributed by atoms with Gasteiger partial charge < -0.3 is 5.32 Å². The second-order valence-corrected chi connectivity index (χ2v) is 4.79. The van der Waals surface area contributed by atoms with Gasteiger partial charge in [0.05, 0.1) is 0 Å². The van der Waals surface area contributed by atoms with Crippen molar-refractivity contribution in [2.45, 2.75) is 20.0 Å². The first kappa shape index (κ1) is 14.0. The zero-order valence-electron chi connectivity index (χ0n) is 10.5. The molecule has 0 amide bonds. The summed E-state index contributed by atoms with van der Waals surface area (Å²) in [5, 5.41) is 3.50. The summed E-state index contributed by atoms with van der Waals surface area (Å²) in [6.45, 7) is 2.58. The highest BCUT2D eigenvalue weighted by Gasteiger charge is 2.06.